The van der Waals surface area contributed by atoms with Gasteiger partial charge < -0.3 is 35.1 Å². The summed E-state index contributed by atoms with van der Waals surface area (Å²) in [7, 11) is -8.01. The molecule has 12 nitrogen and oxygen atoms in total. The molecule has 6 N–H and O–H groups in total. The normalized spacial score (nSPS) is 13.5. The molecule has 1 heterocycles. The van der Waals surface area contributed by atoms with Crippen molar-refractivity contribution >= 4 is 56.1 Å². The second-order valence-corrected chi connectivity index (χ2v) is 12.8. The van der Waals surface area contributed by atoms with E-state index in [0.29, 0.717) is 16.2 Å². The Bertz CT molecular complexity index is 1150. The topological polar surface area (TPSA) is 176 Å². The summed E-state index contributed by atoms with van der Waals surface area (Å²) in [5.74, 6) is -0.771. The second-order valence-electron chi connectivity index (χ2n) is 9.07. The van der Waals surface area contributed by atoms with E-state index in [1.54, 1.807) is 29.3 Å². The molecule has 2 unspecified atom stereocenters. The standard InChI is InChI=1S/C24H38ClN5O7P2/c1-4-29(5-2)15-7-8-17(3)30(21-12-14-26-20-16-18(25)10-11-19(20)21)23(32)27-13-6-9-22(31)28-24(38(33)34)39(35,36)37/h10-12,14,16-17,24,33-34H,4-9,13,15H2,1-3H3,(H,27,32)(H,28,31)(H2,35,36,37). The van der Waals surface area contributed by atoms with Crippen LogP contribution in [0, 0.1) is 0 Å². The smallest absolute Gasteiger partial charge is 0.348 e. The van der Waals surface area contributed by atoms with Crippen molar-refractivity contribution in [1.82, 2.24) is 20.5 Å². The number of carbonyl (C=O) groups is 2. The number of anilines is 1. The molecule has 0 aliphatic rings. The Balaban J connectivity index is 2.11. The van der Waals surface area contributed by atoms with Crippen LogP contribution < -0.4 is 15.5 Å². The maximum Gasteiger partial charge on any atom is 0.356 e. The molecule has 2 atom stereocenters. The molecule has 218 valence electrons. The van der Waals surface area contributed by atoms with Crippen molar-refractivity contribution in [2.45, 2.75) is 58.0 Å². The van der Waals surface area contributed by atoms with Crippen molar-refractivity contribution in [3.05, 3.63) is 35.5 Å². The van der Waals surface area contributed by atoms with Gasteiger partial charge in [-0.25, -0.2) is 4.79 Å². The van der Waals surface area contributed by atoms with Crippen molar-refractivity contribution in [2.24, 2.45) is 0 Å². The molecular weight excluding hydrogens is 568 g/mol. The van der Waals surface area contributed by atoms with Gasteiger partial charge in [-0.05, 0) is 70.1 Å². The number of pyridine rings is 1. The summed E-state index contributed by atoms with van der Waals surface area (Å²) < 4.78 is 11.4. The van der Waals surface area contributed by atoms with E-state index in [1.807, 2.05) is 18.3 Å². The SMILES string of the molecule is CCN(CC)CCCC(C)N(C(=O)NCCCC(=O)NC(P(O)O)P(=O)(O)O)c1ccnc2cc(Cl)ccc12. The van der Waals surface area contributed by atoms with E-state index in [1.165, 1.54) is 0 Å². The maximum atomic E-state index is 13.4. The van der Waals surface area contributed by atoms with E-state index in [-0.39, 0.29) is 31.5 Å². The predicted octanol–water partition coefficient (Wildman–Crippen LogP) is 3.57. The zero-order chi connectivity index (χ0) is 29.2. The van der Waals surface area contributed by atoms with Gasteiger partial charge in [-0.3, -0.25) is 19.2 Å². The minimum absolute atomic E-state index is 0.108. The Labute approximate surface area is 234 Å². The summed E-state index contributed by atoms with van der Waals surface area (Å²) in [6, 6.07) is 6.54. The molecule has 1 aromatic carbocycles. The van der Waals surface area contributed by atoms with Crippen molar-refractivity contribution in [1.29, 1.82) is 0 Å². The first kappa shape index (κ1) is 33.3. The maximum absolute atomic E-state index is 13.4. The van der Waals surface area contributed by atoms with Crippen LogP contribution in [-0.4, -0.2) is 79.1 Å². The Morgan fingerprint density at radius 1 is 1.15 bits per heavy atom. The number of halogens is 1. The van der Waals surface area contributed by atoms with Gasteiger partial charge in [0.25, 0.3) is 0 Å². The highest BCUT2D eigenvalue weighted by molar-refractivity contribution is 7.67. The fourth-order valence-electron chi connectivity index (χ4n) is 4.16. The van der Waals surface area contributed by atoms with Gasteiger partial charge in [0.15, 0.2) is 0 Å². The summed E-state index contributed by atoms with van der Waals surface area (Å²) in [5, 5.41) is 6.08. The first-order valence-electron chi connectivity index (χ1n) is 12.7. The number of hydrogen-bond acceptors (Lipinski definition) is 7. The van der Waals surface area contributed by atoms with Gasteiger partial charge in [0, 0.05) is 35.6 Å². The summed E-state index contributed by atoms with van der Waals surface area (Å²) in [4.78, 5) is 70.7. The monoisotopic (exact) mass is 605 g/mol. The number of carbonyl (C=O) groups excluding carboxylic acids is 2. The number of rotatable bonds is 15. The highest BCUT2D eigenvalue weighted by Gasteiger charge is 2.36. The number of amides is 3. The first-order chi connectivity index (χ1) is 18.4. The van der Waals surface area contributed by atoms with E-state index in [9.17, 15) is 33.7 Å². The molecule has 0 spiro atoms. The number of benzene rings is 1. The molecule has 2 rings (SSSR count). The van der Waals surface area contributed by atoms with Gasteiger partial charge in [0.05, 0.1) is 11.2 Å². The van der Waals surface area contributed by atoms with Crippen LogP contribution in [0.2, 0.25) is 5.02 Å². The number of nitrogens with one attached hydrogen (secondary N) is 2. The Morgan fingerprint density at radius 2 is 1.85 bits per heavy atom. The van der Waals surface area contributed by atoms with E-state index in [4.69, 9.17) is 11.6 Å². The van der Waals surface area contributed by atoms with Crippen LogP contribution in [0.3, 0.4) is 0 Å². The van der Waals surface area contributed by atoms with Gasteiger partial charge >= 0.3 is 13.6 Å². The molecule has 0 aliphatic heterocycles. The lowest BCUT2D eigenvalue weighted by Gasteiger charge is -2.31. The van der Waals surface area contributed by atoms with Crippen LogP contribution in [0.25, 0.3) is 10.9 Å². The highest BCUT2D eigenvalue weighted by Crippen LogP contribution is 2.53. The molecule has 0 fully saturated rings. The summed E-state index contributed by atoms with van der Waals surface area (Å²) >= 11 is 6.14. The lowest BCUT2D eigenvalue weighted by atomic mass is 10.1. The molecule has 1 aromatic heterocycles. The van der Waals surface area contributed by atoms with Gasteiger partial charge in [-0.1, -0.05) is 25.4 Å². The van der Waals surface area contributed by atoms with E-state index in [2.05, 4.69) is 29.0 Å². The van der Waals surface area contributed by atoms with Gasteiger partial charge in [-0.2, -0.15) is 0 Å². The third-order valence-corrected chi connectivity index (χ3v) is 9.37. The zero-order valence-electron chi connectivity index (χ0n) is 22.3. The molecule has 0 saturated carbocycles. The van der Waals surface area contributed by atoms with Crippen LogP contribution in [0.15, 0.2) is 30.5 Å². The zero-order valence-corrected chi connectivity index (χ0v) is 24.9. The molecule has 39 heavy (non-hydrogen) atoms. The molecule has 0 bridgehead atoms. The van der Waals surface area contributed by atoms with E-state index >= 15 is 0 Å². The lowest BCUT2D eigenvalue weighted by molar-refractivity contribution is -0.121. The third kappa shape index (κ3) is 10.2. The largest absolute Gasteiger partial charge is 0.356 e. The summed E-state index contributed by atoms with van der Waals surface area (Å²) in [6.45, 7) is 9.12. The molecule has 3 amide bonds. The molecule has 0 aliphatic carbocycles. The van der Waals surface area contributed by atoms with Crippen LogP contribution >= 0.6 is 27.6 Å². The van der Waals surface area contributed by atoms with Crippen molar-refractivity contribution in [2.75, 3.05) is 31.1 Å². The minimum Gasteiger partial charge on any atom is -0.348 e. The fraction of sp³-hybridized carbons (Fsp3) is 0.542. The Morgan fingerprint density at radius 3 is 2.46 bits per heavy atom. The predicted molar refractivity (Wildman–Crippen MR) is 154 cm³/mol. The Kier molecular flexibility index (Phi) is 13.5. The number of nitrogens with zero attached hydrogens (tertiary/aromatic N) is 3. The number of aromatic nitrogens is 1. The minimum atomic E-state index is -4.94. The second kappa shape index (κ2) is 15.8. The Hall–Kier alpha value is -1.88. The number of fused-ring (bicyclic) bond motifs is 1. The molecular formula is C24H38ClN5O7P2. The molecule has 15 heteroatoms. The first-order valence-corrected chi connectivity index (χ1v) is 16.1. The van der Waals surface area contributed by atoms with Crippen molar-refractivity contribution in [3.8, 4) is 0 Å². The van der Waals surface area contributed by atoms with Gasteiger partial charge in [0.1, 0.15) is 0 Å². The number of hydrogen-bond donors (Lipinski definition) is 6. The van der Waals surface area contributed by atoms with E-state index in [0.717, 1.165) is 37.9 Å². The van der Waals surface area contributed by atoms with Crippen LogP contribution in [0.5, 0.6) is 0 Å². The van der Waals surface area contributed by atoms with Crippen LogP contribution in [-0.2, 0) is 9.36 Å². The fourth-order valence-corrected chi connectivity index (χ4v) is 5.98. The third-order valence-electron chi connectivity index (χ3n) is 6.28. The van der Waals surface area contributed by atoms with Crippen molar-refractivity contribution in [3.63, 3.8) is 0 Å². The van der Waals surface area contributed by atoms with Crippen LogP contribution in [0.4, 0.5) is 10.5 Å². The van der Waals surface area contributed by atoms with Gasteiger partial charge in [0.2, 0.25) is 19.8 Å². The van der Waals surface area contributed by atoms with Crippen LogP contribution in [0.1, 0.15) is 46.5 Å². The number of urea groups is 1. The summed E-state index contributed by atoms with van der Waals surface area (Å²) in [5.41, 5.74) is -0.737. The lowest BCUT2D eigenvalue weighted by Crippen LogP contribution is -2.46. The van der Waals surface area contributed by atoms with Gasteiger partial charge in [-0.15, -0.1) is 0 Å². The molecule has 2 aromatic rings. The average molecular weight is 606 g/mol. The quantitative estimate of drug-likeness (QED) is 0.131. The molecule has 0 saturated heterocycles. The average Bonchev–Trinajstić information content (AvgIpc) is 2.87. The summed E-state index contributed by atoms with van der Waals surface area (Å²) in [6.07, 6.45) is 3.24. The molecule has 0 radical (unpaired) electrons. The highest BCUT2D eigenvalue weighted by atomic mass is 35.5. The van der Waals surface area contributed by atoms with E-state index < -0.39 is 27.4 Å². The van der Waals surface area contributed by atoms with Crippen molar-refractivity contribution < 1.29 is 33.7 Å².